The van der Waals surface area contributed by atoms with Crippen molar-refractivity contribution in [3.63, 3.8) is 0 Å². The van der Waals surface area contributed by atoms with Gasteiger partial charge in [0.15, 0.2) is 0 Å². The van der Waals surface area contributed by atoms with Crippen LogP contribution in [0.25, 0.3) is 11.1 Å². The van der Waals surface area contributed by atoms with Gasteiger partial charge in [-0.25, -0.2) is 0 Å². The molecule has 0 spiro atoms. The molecule has 4 nitrogen and oxygen atoms in total. The maximum Gasteiger partial charge on any atom is 0.313 e. The molecule has 0 amide bonds. The predicted molar refractivity (Wildman–Crippen MR) is 69.3 cm³/mol. The van der Waals surface area contributed by atoms with Gasteiger partial charge in [0.1, 0.15) is 0 Å². The van der Waals surface area contributed by atoms with Gasteiger partial charge in [0.05, 0.1) is 11.6 Å². The van der Waals surface area contributed by atoms with Crippen LogP contribution in [0.5, 0.6) is 0 Å². The Morgan fingerprint density at radius 1 is 1.33 bits per heavy atom. The van der Waals surface area contributed by atoms with Gasteiger partial charge in [-0.3, -0.25) is 9.48 Å². The lowest BCUT2D eigenvalue weighted by Gasteiger charge is -2.20. The highest BCUT2D eigenvalue weighted by Crippen LogP contribution is 2.28. The number of aromatic nitrogens is 2. The molecule has 1 heterocycles. The maximum absolute atomic E-state index is 11.3. The Balaban J connectivity index is 2.46. The van der Waals surface area contributed by atoms with E-state index in [1.807, 2.05) is 37.5 Å². The number of nitrogens with zero attached hydrogens (tertiary/aromatic N) is 2. The fourth-order valence-corrected chi connectivity index (χ4v) is 1.78. The summed E-state index contributed by atoms with van der Waals surface area (Å²) in [5.41, 5.74) is 1.87. The molecule has 0 radical (unpaired) electrons. The highest BCUT2D eigenvalue weighted by molar-refractivity contribution is 5.81. The molecule has 18 heavy (non-hydrogen) atoms. The Kier molecular flexibility index (Phi) is 2.95. The molecule has 2 aromatic rings. The van der Waals surface area contributed by atoms with E-state index >= 15 is 0 Å². The second kappa shape index (κ2) is 4.29. The third kappa shape index (κ3) is 2.14. The third-order valence-electron chi connectivity index (χ3n) is 3.16. The second-order valence-electron chi connectivity index (χ2n) is 4.91. The Hall–Kier alpha value is -2.10. The van der Waals surface area contributed by atoms with Gasteiger partial charge in [-0.05, 0) is 31.0 Å². The largest absolute Gasteiger partial charge is 0.481 e. The Morgan fingerprint density at radius 2 is 2.06 bits per heavy atom. The summed E-state index contributed by atoms with van der Waals surface area (Å²) in [5, 5.41) is 13.4. The van der Waals surface area contributed by atoms with Crippen LogP contribution in [-0.2, 0) is 17.3 Å². The summed E-state index contributed by atoms with van der Waals surface area (Å²) in [5.74, 6) is -0.828. The van der Waals surface area contributed by atoms with E-state index in [0.29, 0.717) is 0 Å². The number of aryl methyl sites for hydroxylation is 1. The average Bonchev–Trinajstić information content (AvgIpc) is 2.76. The molecule has 1 aromatic carbocycles. The van der Waals surface area contributed by atoms with E-state index in [2.05, 4.69) is 5.10 Å². The summed E-state index contributed by atoms with van der Waals surface area (Å²) in [4.78, 5) is 11.3. The number of hydrogen-bond donors (Lipinski definition) is 1. The topological polar surface area (TPSA) is 55.1 Å². The molecule has 0 aliphatic heterocycles. The van der Waals surface area contributed by atoms with Gasteiger partial charge < -0.3 is 5.11 Å². The van der Waals surface area contributed by atoms with Crippen LogP contribution in [0, 0.1) is 0 Å². The van der Waals surface area contributed by atoms with E-state index in [-0.39, 0.29) is 0 Å². The number of hydrogen-bond acceptors (Lipinski definition) is 2. The third-order valence-corrected chi connectivity index (χ3v) is 3.16. The summed E-state index contributed by atoms with van der Waals surface area (Å²) >= 11 is 0. The minimum atomic E-state index is -0.891. The molecule has 0 bridgehead atoms. The molecular weight excluding hydrogens is 228 g/mol. The number of carboxylic acids is 1. The van der Waals surface area contributed by atoms with Crippen molar-refractivity contribution < 1.29 is 9.90 Å². The highest BCUT2D eigenvalue weighted by atomic mass is 16.4. The van der Waals surface area contributed by atoms with Crippen LogP contribution in [0.1, 0.15) is 19.4 Å². The number of aliphatic carboxylic acids is 1. The van der Waals surface area contributed by atoms with Gasteiger partial charge in [0.25, 0.3) is 0 Å². The first kappa shape index (κ1) is 12.4. The van der Waals surface area contributed by atoms with Gasteiger partial charge >= 0.3 is 5.97 Å². The Bertz CT molecular complexity index is 585. The van der Waals surface area contributed by atoms with Crippen LogP contribution < -0.4 is 0 Å². The van der Waals surface area contributed by atoms with Crippen molar-refractivity contribution in [1.82, 2.24) is 9.78 Å². The molecule has 0 unspecified atom stereocenters. The number of carboxylic acid groups (broad SMARTS) is 1. The minimum Gasteiger partial charge on any atom is -0.481 e. The first-order valence-corrected chi connectivity index (χ1v) is 5.74. The molecular formula is C14H16N2O2. The Labute approximate surface area is 106 Å². The minimum absolute atomic E-state index is 0.788. The van der Waals surface area contributed by atoms with Crippen molar-refractivity contribution in [2.45, 2.75) is 19.3 Å². The molecule has 0 saturated carbocycles. The van der Waals surface area contributed by atoms with Crippen LogP contribution in [0.2, 0.25) is 0 Å². The quantitative estimate of drug-likeness (QED) is 0.902. The molecule has 1 aromatic heterocycles. The SMILES string of the molecule is Cn1cc(-c2cccc(C(C)(C)C(=O)O)c2)cn1. The molecule has 0 fully saturated rings. The fraction of sp³-hybridized carbons (Fsp3) is 0.286. The Morgan fingerprint density at radius 3 is 2.61 bits per heavy atom. The van der Waals surface area contributed by atoms with Crippen LogP contribution in [0.3, 0.4) is 0 Å². The zero-order chi connectivity index (χ0) is 13.3. The predicted octanol–water partition coefficient (Wildman–Crippen LogP) is 2.45. The normalized spacial score (nSPS) is 11.5. The number of benzene rings is 1. The standard InChI is InChI=1S/C14H16N2O2/c1-14(2,13(17)18)12-6-4-5-10(7-12)11-8-15-16(3)9-11/h4-9H,1-3H3,(H,17,18). The van der Waals surface area contributed by atoms with E-state index < -0.39 is 11.4 Å². The van der Waals surface area contributed by atoms with Gasteiger partial charge in [0, 0.05) is 18.8 Å². The molecule has 2 rings (SSSR count). The van der Waals surface area contributed by atoms with E-state index in [4.69, 9.17) is 0 Å². The van der Waals surface area contributed by atoms with Gasteiger partial charge in [0.2, 0.25) is 0 Å². The summed E-state index contributed by atoms with van der Waals surface area (Å²) in [6.45, 7) is 3.41. The van der Waals surface area contributed by atoms with Crippen molar-refractivity contribution in [2.24, 2.45) is 7.05 Å². The molecule has 0 atom stereocenters. The van der Waals surface area contributed by atoms with Crippen molar-refractivity contribution in [3.8, 4) is 11.1 Å². The second-order valence-corrected chi connectivity index (χ2v) is 4.91. The van der Waals surface area contributed by atoms with Crippen molar-refractivity contribution in [2.75, 3.05) is 0 Å². The molecule has 4 heteroatoms. The van der Waals surface area contributed by atoms with Gasteiger partial charge in [-0.1, -0.05) is 18.2 Å². The van der Waals surface area contributed by atoms with Crippen molar-refractivity contribution >= 4 is 5.97 Å². The van der Waals surface area contributed by atoms with E-state index in [1.165, 1.54) is 0 Å². The zero-order valence-electron chi connectivity index (χ0n) is 10.7. The maximum atomic E-state index is 11.3. The first-order chi connectivity index (χ1) is 8.41. The zero-order valence-corrected chi connectivity index (χ0v) is 10.7. The van der Waals surface area contributed by atoms with Gasteiger partial charge in [-0.2, -0.15) is 5.10 Å². The number of rotatable bonds is 3. The summed E-state index contributed by atoms with van der Waals surface area (Å²) in [6.07, 6.45) is 3.68. The smallest absolute Gasteiger partial charge is 0.313 e. The summed E-state index contributed by atoms with van der Waals surface area (Å²) in [7, 11) is 1.86. The van der Waals surface area contributed by atoms with Crippen molar-refractivity contribution in [1.29, 1.82) is 0 Å². The van der Waals surface area contributed by atoms with Crippen molar-refractivity contribution in [3.05, 3.63) is 42.2 Å². The number of carbonyl (C=O) groups is 1. The van der Waals surface area contributed by atoms with Gasteiger partial charge in [-0.15, -0.1) is 0 Å². The van der Waals surface area contributed by atoms with Crippen LogP contribution in [0.15, 0.2) is 36.7 Å². The van der Waals surface area contributed by atoms with Crippen LogP contribution >= 0.6 is 0 Å². The average molecular weight is 244 g/mol. The monoisotopic (exact) mass is 244 g/mol. The summed E-state index contributed by atoms with van der Waals surface area (Å²) in [6, 6.07) is 7.58. The lowest BCUT2D eigenvalue weighted by molar-refractivity contribution is -0.142. The van der Waals surface area contributed by atoms with Crippen LogP contribution in [0.4, 0.5) is 0 Å². The lowest BCUT2D eigenvalue weighted by atomic mass is 9.83. The summed E-state index contributed by atoms with van der Waals surface area (Å²) < 4.78 is 1.73. The molecule has 0 saturated heterocycles. The fourth-order valence-electron chi connectivity index (χ4n) is 1.78. The molecule has 0 aliphatic rings. The lowest BCUT2D eigenvalue weighted by Crippen LogP contribution is -2.28. The van der Waals surface area contributed by atoms with E-state index in [9.17, 15) is 9.90 Å². The first-order valence-electron chi connectivity index (χ1n) is 5.74. The van der Waals surface area contributed by atoms with E-state index in [1.54, 1.807) is 24.7 Å². The molecule has 94 valence electrons. The van der Waals surface area contributed by atoms with E-state index in [0.717, 1.165) is 16.7 Å². The molecule has 1 N–H and O–H groups in total. The van der Waals surface area contributed by atoms with Crippen LogP contribution in [-0.4, -0.2) is 20.9 Å². The highest BCUT2D eigenvalue weighted by Gasteiger charge is 2.29. The molecule has 0 aliphatic carbocycles.